The van der Waals surface area contributed by atoms with Crippen LogP contribution in [0.25, 0.3) is 0 Å². The quantitative estimate of drug-likeness (QED) is 0.828. The van der Waals surface area contributed by atoms with Crippen LogP contribution in [-0.4, -0.2) is 37.8 Å². The van der Waals surface area contributed by atoms with Crippen LogP contribution >= 0.6 is 0 Å². The van der Waals surface area contributed by atoms with Gasteiger partial charge in [0.15, 0.2) is 0 Å². The first-order chi connectivity index (χ1) is 9.94. The molecule has 21 heavy (non-hydrogen) atoms. The Labute approximate surface area is 126 Å². The smallest absolute Gasteiger partial charge is 0.242 e. The second kappa shape index (κ2) is 6.91. The summed E-state index contributed by atoms with van der Waals surface area (Å²) in [4.78, 5) is 0.215. The Morgan fingerprint density at radius 2 is 2.10 bits per heavy atom. The van der Waals surface area contributed by atoms with Crippen LogP contribution < -0.4 is 4.72 Å². The molecule has 0 aromatic carbocycles. The molecule has 6 nitrogen and oxygen atoms in total. The molecule has 0 aliphatic carbocycles. The van der Waals surface area contributed by atoms with E-state index < -0.39 is 10.0 Å². The van der Waals surface area contributed by atoms with Gasteiger partial charge in [0, 0.05) is 37.7 Å². The van der Waals surface area contributed by atoms with Crippen LogP contribution in [-0.2, 0) is 21.4 Å². The number of sulfonamides is 1. The predicted octanol–water partition coefficient (Wildman–Crippen LogP) is 1.27. The van der Waals surface area contributed by atoms with Gasteiger partial charge in [-0.1, -0.05) is 0 Å². The Morgan fingerprint density at radius 1 is 1.43 bits per heavy atom. The largest absolute Gasteiger partial charge is 0.390 e. The zero-order chi connectivity index (χ0) is 15.5. The van der Waals surface area contributed by atoms with Gasteiger partial charge in [-0.3, -0.25) is 0 Å². The fourth-order valence-corrected chi connectivity index (χ4v) is 3.68. The first-order valence-corrected chi connectivity index (χ1v) is 8.81. The van der Waals surface area contributed by atoms with E-state index in [4.69, 9.17) is 4.74 Å². The molecule has 0 amide bonds. The van der Waals surface area contributed by atoms with E-state index in [1.807, 2.05) is 13.8 Å². The summed E-state index contributed by atoms with van der Waals surface area (Å²) in [5, 5.41) is 9.33. The SMILES string of the molecule is CC(C)n1cc(S(=O)(=O)NCC2CCOCC2)cc1CO. The zero-order valence-electron chi connectivity index (χ0n) is 12.6. The molecule has 1 saturated heterocycles. The van der Waals surface area contributed by atoms with Gasteiger partial charge in [-0.2, -0.15) is 0 Å². The maximum atomic E-state index is 12.3. The summed E-state index contributed by atoms with van der Waals surface area (Å²) in [5.74, 6) is 0.332. The number of ether oxygens (including phenoxy) is 1. The van der Waals surface area contributed by atoms with Crippen molar-refractivity contribution in [3.8, 4) is 0 Å². The Bertz CT molecular complexity index is 560. The molecule has 0 spiro atoms. The van der Waals surface area contributed by atoms with Gasteiger partial charge in [-0.05, 0) is 38.7 Å². The van der Waals surface area contributed by atoms with Crippen LogP contribution in [0, 0.1) is 5.92 Å². The van der Waals surface area contributed by atoms with Crippen LogP contribution in [0.1, 0.15) is 38.4 Å². The van der Waals surface area contributed by atoms with E-state index in [1.165, 1.54) is 6.07 Å². The minimum atomic E-state index is -3.53. The Morgan fingerprint density at radius 3 is 2.62 bits per heavy atom. The highest BCUT2D eigenvalue weighted by Gasteiger charge is 2.21. The summed E-state index contributed by atoms with van der Waals surface area (Å²) < 4.78 is 34.4. The van der Waals surface area contributed by atoms with Crippen molar-refractivity contribution in [2.45, 2.75) is 44.2 Å². The number of aromatic nitrogens is 1. The molecule has 0 atom stereocenters. The number of aliphatic hydroxyl groups is 1. The molecule has 0 bridgehead atoms. The number of nitrogens with zero attached hydrogens (tertiary/aromatic N) is 1. The monoisotopic (exact) mass is 316 g/mol. The summed E-state index contributed by atoms with van der Waals surface area (Å²) >= 11 is 0. The van der Waals surface area contributed by atoms with Gasteiger partial charge in [-0.25, -0.2) is 13.1 Å². The van der Waals surface area contributed by atoms with Gasteiger partial charge in [0.25, 0.3) is 0 Å². The average Bonchev–Trinajstić information content (AvgIpc) is 2.92. The van der Waals surface area contributed by atoms with Gasteiger partial charge in [0.2, 0.25) is 10.0 Å². The van der Waals surface area contributed by atoms with Gasteiger partial charge >= 0.3 is 0 Å². The van der Waals surface area contributed by atoms with Crippen LogP contribution in [0.5, 0.6) is 0 Å². The van der Waals surface area contributed by atoms with E-state index in [0.717, 1.165) is 12.8 Å². The van der Waals surface area contributed by atoms with Crippen molar-refractivity contribution in [1.29, 1.82) is 0 Å². The molecule has 120 valence electrons. The highest BCUT2D eigenvalue weighted by molar-refractivity contribution is 7.89. The molecule has 2 heterocycles. The molecule has 1 aromatic rings. The highest BCUT2D eigenvalue weighted by Crippen LogP contribution is 2.20. The van der Waals surface area contributed by atoms with E-state index in [2.05, 4.69) is 4.72 Å². The van der Waals surface area contributed by atoms with Crippen LogP contribution in [0.4, 0.5) is 0 Å². The number of rotatable bonds is 6. The van der Waals surface area contributed by atoms with E-state index in [0.29, 0.717) is 31.4 Å². The molecule has 2 N–H and O–H groups in total. The molecule has 1 aromatic heterocycles. The van der Waals surface area contributed by atoms with Crippen molar-refractivity contribution < 1.29 is 18.3 Å². The maximum absolute atomic E-state index is 12.3. The molecule has 2 rings (SSSR count). The molecule has 0 radical (unpaired) electrons. The fraction of sp³-hybridized carbons (Fsp3) is 0.714. The average molecular weight is 316 g/mol. The molecule has 0 saturated carbocycles. The lowest BCUT2D eigenvalue weighted by atomic mass is 10.0. The van der Waals surface area contributed by atoms with Crippen LogP contribution in [0.15, 0.2) is 17.2 Å². The van der Waals surface area contributed by atoms with Gasteiger partial charge in [0.05, 0.1) is 11.5 Å². The van der Waals surface area contributed by atoms with Crippen LogP contribution in [0.2, 0.25) is 0 Å². The third-order valence-electron chi connectivity index (χ3n) is 3.84. The zero-order valence-corrected chi connectivity index (χ0v) is 13.4. The van der Waals surface area contributed by atoms with Crippen molar-refractivity contribution in [2.75, 3.05) is 19.8 Å². The summed E-state index contributed by atoms with van der Waals surface area (Å²) in [6, 6.07) is 1.64. The van der Waals surface area contributed by atoms with Crippen LogP contribution in [0.3, 0.4) is 0 Å². The van der Waals surface area contributed by atoms with E-state index in [1.54, 1.807) is 10.8 Å². The lowest BCUT2D eigenvalue weighted by Gasteiger charge is -2.21. The summed E-state index contributed by atoms with van der Waals surface area (Å²) in [6.07, 6.45) is 3.36. The molecular weight excluding hydrogens is 292 g/mol. The highest BCUT2D eigenvalue weighted by atomic mass is 32.2. The van der Waals surface area contributed by atoms with Crippen molar-refractivity contribution >= 4 is 10.0 Å². The first kappa shape index (κ1) is 16.5. The number of hydrogen-bond donors (Lipinski definition) is 2. The molecule has 1 aliphatic heterocycles. The number of hydrogen-bond acceptors (Lipinski definition) is 4. The molecule has 1 fully saturated rings. The standard InChI is InChI=1S/C14H24N2O4S/c1-11(2)16-9-14(7-13(16)10-17)21(18,19)15-8-12-3-5-20-6-4-12/h7,9,11-12,15,17H,3-6,8,10H2,1-2H3. The lowest BCUT2D eigenvalue weighted by Crippen LogP contribution is -2.32. The van der Waals surface area contributed by atoms with Crippen molar-refractivity contribution in [2.24, 2.45) is 5.92 Å². The molecule has 0 unspecified atom stereocenters. The van der Waals surface area contributed by atoms with Crippen molar-refractivity contribution in [3.05, 3.63) is 18.0 Å². The van der Waals surface area contributed by atoms with Crippen molar-refractivity contribution in [1.82, 2.24) is 9.29 Å². The topological polar surface area (TPSA) is 80.6 Å². The third-order valence-corrected chi connectivity index (χ3v) is 5.23. The first-order valence-electron chi connectivity index (χ1n) is 7.33. The van der Waals surface area contributed by atoms with E-state index in [9.17, 15) is 13.5 Å². The molecule has 1 aliphatic rings. The molecule has 7 heteroatoms. The minimum Gasteiger partial charge on any atom is -0.390 e. The Hall–Kier alpha value is -0.890. The van der Waals surface area contributed by atoms with Gasteiger partial charge in [-0.15, -0.1) is 0 Å². The fourth-order valence-electron chi connectivity index (χ4n) is 2.51. The van der Waals surface area contributed by atoms with E-state index >= 15 is 0 Å². The minimum absolute atomic E-state index is 0.103. The van der Waals surface area contributed by atoms with E-state index in [-0.39, 0.29) is 17.5 Å². The Balaban J connectivity index is 2.08. The maximum Gasteiger partial charge on any atom is 0.242 e. The Kier molecular flexibility index (Phi) is 5.43. The summed E-state index contributed by atoms with van der Waals surface area (Å²) in [6.45, 7) is 5.56. The summed E-state index contributed by atoms with van der Waals surface area (Å²) in [5.41, 5.74) is 0.608. The molecular formula is C14H24N2O4S. The number of aliphatic hydroxyl groups excluding tert-OH is 1. The predicted molar refractivity (Wildman–Crippen MR) is 79.5 cm³/mol. The number of nitrogens with one attached hydrogen (secondary N) is 1. The summed E-state index contributed by atoms with van der Waals surface area (Å²) in [7, 11) is -3.53. The van der Waals surface area contributed by atoms with Gasteiger partial charge in [0.1, 0.15) is 0 Å². The normalized spacial score (nSPS) is 17.5. The third kappa shape index (κ3) is 4.06. The second-order valence-electron chi connectivity index (χ2n) is 5.73. The van der Waals surface area contributed by atoms with Crippen molar-refractivity contribution in [3.63, 3.8) is 0 Å². The second-order valence-corrected chi connectivity index (χ2v) is 7.50. The lowest BCUT2D eigenvalue weighted by molar-refractivity contribution is 0.0678. The van der Waals surface area contributed by atoms with Gasteiger partial charge < -0.3 is 14.4 Å².